The van der Waals surface area contributed by atoms with Gasteiger partial charge in [-0.2, -0.15) is 0 Å². The van der Waals surface area contributed by atoms with Gasteiger partial charge in [0, 0.05) is 29.9 Å². The van der Waals surface area contributed by atoms with E-state index < -0.39 is 0 Å². The summed E-state index contributed by atoms with van der Waals surface area (Å²) in [6, 6.07) is 0. The molecule has 0 fully saturated rings. The highest BCUT2D eigenvalue weighted by atomic mass is 32.1. The van der Waals surface area contributed by atoms with Crippen LogP contribution in [0.25, 0.3) is 4.96 Å². The molecule has 0 spiro atoms. The Kier molecular flexibility index (Phi) is 1.54. The van der Waals surface area contributed by atoms with Crippen molar-refractivity contribution < 1.29 is 9.59 Å². The van der Waals surface area contributed by atoms with Gasteiger partial charge in [-0.3, -0.25) is 14.0 Å². The van der Waals surface area contributed by atoms with Crippen LogP contribution in [0.3, 0.4) is 0 Å². The van der Waals surface area contributed by atoms with E-state index in [1.807, 2.05) is 0 Å². The minimum Gasteiger partial charge on any atom is -0.276 e. The van der Waals surface area contributed by atoms with E-state index >= 15 is 0 Å². The molecule has 2 aromatic rings. The Balaban J connectivity index is 2.19. The number of imide groups is 1. The van der Waals surface area contributed by atoms with Crippen LogP contribution in [0.4, 0.5) is 5.82 Å². The predicted octanol–water partition coefficient (Wildman–Crippen LogP) is 0.825. The molecule has 3 heterocycles. The molecule has 3 rings (SSSR count). The lowest BCUT2D eigenvalue weighted by atomic mass is 10.5. The van der Waals surface area contributed by atoms with E-state index in [-0.39, 0.29) is 11.8 Å². The van der Waals surface area contributed by atoms with Crippen LogP contribution in [0.15, 0.2) is 29.9 Å². The van der Waals surface area contributed by atoms with Crippen LogP contribution < -0.4 is 4.90 Å². The Bertz CT molecular complexity index is 577. The first-order chi connectivity index (χ1) is 7.27. The van der Waals surface area contributed by atoms with E-state index in [1.54, 1.807) is 22.2 Å². The van der Waals surface area contributed by atoms with Crippen molar-refractivity contribution in [3.8, 4) is 0 Å². The van der Waals surface area contributed by atoms with E-state index in [4.69, 9.17) is 0 Å². The van der Waals surface area contributed by atoms with Gasteiger partial charge in [0.25, 0.3) is 11.8 Å². The van der Waals surface area contributed by atoms with Crippen molar-refractivity contribution in [2.75, 3.05) is 4.90 Å². The van der Waals surface area contributed by atoms with Crippen LogP contribution in [0, 0.1) is 0 Å². The largest absolute Gasteiger partial charge is 0.276 e. The molecule has 0 saturated heterocycles. The quantitative estimate of drug-likeness (QED) is 0.667. The number of hydrogen-bond donors (Lipinski definition) is 0. The third kappa shape index (κ3) is 1.05. The fourth-order valence-corrected chi connectivity index (χ4v) is 2.32. The summed E-state index contributed by atoms with van der Waals surface area (Å²) in [5.41, 5.74) is 0. The third-order valence-corrected chi connectivity index (χ3v) is 3.00. The van der Waals surface area contributed by atoms with E-state index in [0.717, 1.165) is 9.86 Å². The highest BCUT2D eigenvalue weighted by Gasteiger charge is 2.27. The molecule has 1 aliphatic rings. The second-order valence-corrected chi connectivity index (χ2v) is 3.86. The zero-order valence-electron chi connectivity index (χ0n) is 7.45. The van der Waals surface area contributed by atoms with Crippen LogP contribution in [-0.4, -0.2) is 21.2 Å². The third-order valence-electron chi connectivity index (χ3n) is 2.16. The van der Waals surface area contributed by atoms with E-state index in [9.17, 15) is 9.59 Å². The average molecular weight is 219 g/mol. The lowest BCUT2D eigenvalue weighted by Gasteiger charge is -2.11. The normalized spacial score (nSPS) is 15.9. The summed E-state index contributed by atoms with van der Waals surface area (Å²) in [6.45, 7) is 0. The van der Waals surface area contributed by atoms with E-state index in [1.165, 1.54) is 23.5 Å². The number of aromatic nitrogens is 2. The molecule has 0 radical (unpaired) electrons. The number of carbonyl (C=O) groups is 2. The van der Waals surface area contributed by atoms with Crippen molar-refractivity contribution in [3.05, 3.63) is 29.9 Å². The van der Waals surface area contributed by atoms with Gasteiger partial charge in [0.05, 0.1) is 0 Å². The van der Waals surface area contributed by atoms with Crippen molar-refractivity contribution in [2.45, 2.75) is 0 Å². The van der Waals surface area contributed by atoms with Crippen LogP contribution in [0.2, 0.25) is 0 Å². The number of thiazole rings is 1. The molecule has 0 bridgehead atoms. The standard InChI is InChI=1S/C9H5N3O2S/c13-7-1-2-8(14)12(7)6-5-15-9-10-3-4-11(6)9/h1-5H. The summed E-state index contributed by atoms with van der Waals surface area (Å²) < 4.78 is 1.72. The Hall–Kier alpha value is -1.95. The monoisotopic (exact) mass is 219 g/mol. The van der Waals surface area contributed by atoms with E-state index in [0.29, 0.717) is 5.82 Å². The molecule has 0 aliphatic carbocycles. The molecular weight excluding hydrogens is 214 g/mol. The van der Waals surface area contributed by atoms with Crippen molar-refractivity contribution in [1.29, 1.82) is 0 Å². The molecule has 0 N–H and O–H groups in total. The molecule has 0 aromatic carbocycles. The Morgan fingerprint density at radius 2 is 1.93 bits per heavy atom. The molecule has 74 valence electrons. The minimum atomic E-state index is -0.312. The summed E-state index contributed by atoms with van der Waals surface area (Å²) in [5, 5.41) is 1.74. The molecule has 0 unspecified atom stereocenters. The van der Waals surface area contributed by atoms with Gasteiger partial charge in [-0.1, -0.05) is 0 Å². The lowest BCUT2D eigenvalue weighted by Crippen LogP contribution is -2.30. The molecule has 2 amide bonds. The predicted molar refractivity (Wildman–Crippen MR) is 54.7 cm³/mol. The van der Waals surface area contributed by atoms with Crippen LogP contribution in [-0.2, 0) is 9.59 Å². The van der Waals surface area contributed by atoms with Gasteiger partial charge in [0.1, 0.15) is 5.82 Å². The van der Waals surface area contributed by atoms with Crippen molar-refractivity contribution in [1.82, 2.24) is 9.38 Å². The lowest BCUT2D eigenvalue weighted by molar-refractivity contribution is -0.120. The molecule has 6 heteroatoms. The average Bonchev–Trinajstić information content (AvgIpc) is 2.84. The number of amides is 2. The number of hydrogen-bond acceptors (Lipinski definition) is 4. The topological polar surface area (TPSA) is 54.7 Å². The molecule has 1 aliphatic heterocycles. The zero-order chi connectivity index (χ0) is 10.4. The van der Waals surface area contributed by atoms with Crippen LogP contribution in [0.1, 0.15) is 0 Å². The summed E-state index contributed by atoms with van der Waals surface area (Å²) in [4.78, 5) is 28.8. The van der Waals surface area contributed by atoms with Gasteiger partial charge in [-0.15, -0.1) is 11.3 Å². The molecule has 0 saturated carbocycles. The number of rotatable bonds is 1. The molecule has 15 heavy (non-hydrogen) atoms. The van der Waals surface area contributed by atoms with Gasteiger partial charge in [-0.25, -0.2) is 9.88 Å². The SMILES string of the molecule is O=C1C=CC(=O)N1c1csc2nccn12. The maximum Gasteiger partial charge on any atom is 0.259 e. The summed E-state index contributed by atoms with van der Waals surface area (Å²) >= 11 is 1.39. The number of imidazole rings is 1. The van der Waals surface area contributed by atoms with Crippen LogP contribution in [0.5, 0.6) is 0 Å². The second-order valence-electron chi connectivity index (χ2n) is 3.02. The molecule has 2 aromatic heterocycles. The van der Waals surface area contributed by atoms with Crippen molar-refractivity contribution in [2.24, 2.45) is 0 Å². The minimum absolute atomic E-state index is 0.312. The maximum atomic E-state index is 11.4. The number of fused-ring (bicyclic) bond motifs is 1. The van der Waals surface area contributed by atoms with Crippen molar-refractivity contribution >= 4 is 33.9 Å². The Morgan fingerprint density at radius 3 is 2.67 bits per heavy atom. The summed E-state index contributed by atoms with van der Waals surface area (Å²) in [5.74, 6) is -0.0747. The summed E-state index contributed by atoms with van der Waals surface area (Å²) in [7, 11) is 0. The van der Waals surface area contributed by atoms with Gasteiger partial charge >= 0.3 is 0 Å². The number of carbonyl (C=O) groups excluding carboxylic acids is 2. The maximum absolute atomic E-state index is 11.4. The Labute approximate surface area is 88.3 Å². The van der Waals surface area contributed by atoms with Gasteiger partial charge in [0.2, 0.25) is 0 Å². The summed E-state index contributed by atoms with van der Waals surface area (Å²) in [6.07, 6.45) is 5.89. The number of anilines is 1. The zero-order valence-corrected chi connectivity index (χ0v) is 8.27. The van der Waals surface area contributed by atoms with E-state index in [2.05, 4.69) is 4.98 Å². The highest BCUT2D eigenvalue weighted by molar-refractivity contribution is 7.15. The fraction of sp³-hybridized carbons (Fsp3) is 0. The van der Waals surface area contributed by atoms with Gasteiger partial charge in [-0.05, 0) is 0 Å². The fourth-order valence-electron chi connectivity index (χ4n) is 1.50. The first-order valence-corrected chi connectivity index (χ1v) is 5.12. The highest BCUT2D eigenvalue weighted by Crippen LogP contribution is 2.25. The van der Waals surface area contributed by atoms with Gasteiger partial charge < -0.3 is 0 Å². The Morgan fingerprint density at radius 1 is 1.20 bits per heavy atom. The molecule has 5 nitrogen and oxygen atoms in total. The number of nitrogens with zero attached hydrogens (tertiary/aromatic N) is 3. The second kappa shape index (κ2) is 2.77. The molecule has 0 atom stereocenters. The van der Waals surface area contributed by atoms with Crippen LogP contribution >= 0.6 is 11.3 Å². The van der Waals surface area contributed by atoms with Crippen molar-refractivity contribution in [3.63, 3.8) is 0 Å². The smallest absolute Gasteiger partial charge is 0.259 e. The van der Waals surface area contributed by atoms with Gasteiger partial charge in [0.15, 0.2) is 4.96 Å². The molecular formula is C9H5N3O2S. The first-order valence-electron chi connectivity index (χ1n) is 4.24. The first kappa shape index (κ1) is 8.37.